The summed E-state index contributed by atoms with van der Waals surface area (Å²) in [4.78, 5) is 0. The highest BCUT2D eigenvalue weighted by Crippen LogP contribution is 2.29. The monoisotopic (exact) mass is 256 g/mol. The summed E-state index contributed by atoms with van der Waals surface area (Å²) in [6.07, 6.45) is 0. The average Bonchev–Trinajstić information content (AvgIpc) is 2.53. The molecule has 0 aliphatic heterocycles. The maximum atomic E-state index is 4.30. The molecule has 1 aromatic carbocycles. The third-order valence-corrected chi connectivity index (χ3v) is 3.19. The highest BCUT2D eigenvalue weighted by molar-refractivity contribution is 9.10. The number of hydrogen-bond acceptors (Lipinski definition) is 3. The molecule has 0 saturated carbocycles. The Balaban J connectivity index is 2.78. The smallest absolute Gasteiger partial charge is 0.119 e. The van der Waals surface area contributed by atoms with E-state index in [-0.39, 0.29) is 0 Å². The molecule has 0 radical (unpaired) electrons. The Bertz CT molecular complexity index is 436. The first-order valence-electron chi connectivity index (χ1n) is 4.11. The lowest BCUT2D eigenvalue weighted by molar-refractivity contribution is 0.874. The van der Waals surface area contributed by atoms with E-state index in [1.807, 2.05) is 6.07 Å². The Morgan fingerprint density at radius 2 is 1.92 bits per heavy atom. The van der Waals surface area contributed by atoms with Crippen LogP contribution in [0.4, 0.5) is 0 Å². The van der Waals surface area contributed by atoms with Crippen molar-refractivity contribution < 1.29 is 0 Å². The number of fused-ring (bicyclic) bond motifs is 1. The van der Waals surface area contributed by atoms with Gasteiger partial charge >= 0.3 is 0 Å². The van der Waals surface area contributed by atoms with Crippen LogP contribution in [0.2, 0.25) is 0 Å². The molecular weight excluding hydrogens is 248 g/mol. The van der Waals surface area contributed by atoms with E-state index in [1.165, 1.54) is 17.3 Å². The van der Waals surface area contributed by atoms with Gasteiger partial charge in [-0.2, -0.15) is 8.75 Å². The van der Waals surface area contributed by atoms with Gasteiger partial charge in [0.15, 0.2) is 0 Å². The van der Waals surface area contributed by atoms with Gasteiger partial charge in [-0.3, -0.25) is 0 Å². The van der Waals surface area contributed by atoms with Crippen molar-refractivity contribution in [3.05, 3.63) is 22.2 Å². The van der Waals surface area contributed by atoms with Crippen molar-refractivity contribution in [3.63, 3.8) is 0 Å². The molecule has 0 aliphatic rings. The van der Waals surface area contributed by atoms with E-state index in [2.05, 4.69) is 44.6 Å². The number of rotatable bonds is 1. The third kappa shape index (κ3) is 1.48. The summed E-state index contributed by atoms with van der Waals surface area (Å²) in [6, 6.07) is 4.15. The van der Waals surface area contributed by atoms with Crippen molar-refractivity contribution in [3.8, 4) is 0 Å². The molecular formula is C9H9BrN2S. The molecule has 0 N–H and O–H groups in total. The fourth-order valence-electron chi connectivity index (χ4n) is 1.32. The second-order valence-electron chi connectivity index (χ2n) is 3.25. The summed E-state index contributed by atoms with van der Waals surface area (Å²) < 4.78 is 9.57. The topological polar surface area (TPSA) is 25.8 Å². The summed E-state index contributed by atoms with van der Waals surface area (Å²) in [5.74, 6) is 0.500. The van der Waals surface area contributed by atoms with E-state index >= 15 is 0 Å². The van der Waals surface area contributed by atoms with Gasteiger partial charge < -0.3 is 0 Å². The molecule has 1 heterocycles. The Kier molecular flexibility index (Phi) is 2.34. The maximum absolute atomic E-state index is 4.30. The molecule has 0 spiro atoms. The molecule has 4 heteroatoms. The molecule has 2 rings (SSSR count). The normalized spacial score (nSPS) is 11.4. The molecule has 0 amide bonds. The van der Waals surface area contributed by atoms with Crippen LogP contribution in [-0.2, 0) is 0 Å². The number of aromatic nitrogens is 2. The van der Waals surface area contributed by atoms with Crippen LogP contribution in [-0.4, -0.2) is 8.75 Å². The second kappa shape index (κ2) is 3.35. The lowest BCUT2D eigenvalue weighted by atomic mass is 10.0. The van der Waals surface area contributed by atoms with Gasteiger partial charge in [0.05, 0.1) is 11.7 Å². The maximum Gasteiger partial charge on any atom is 0.119 e. The Hall–Kier alpha value is -0.480. The van der Waals surface area contributed by atoms with Crippen LogP contribution in [0.1, 0.15) is 25.3 Å². The molecule has 0 aliphatic carbocycles. The number of benzene rings is 1. The number of hydrogen-bond donors (Lipinski definition) is 0. The highest BCUT2D eigenvalue weighted by Gasteiger charge is 2.10. The largest absolute Gasteiger partial charge is 0.173 e. The fourth-order valence-corrected chi connectivity index (χ4v) is 2.43. The van der Waals surface area contributed by atoms with Gasteiger partial charge in [-0.1, -0.05) is 19.9 Å². The number of nitrogens with zero attached hydrogens (tertiary/aromatic N) is 2. The van der Waals surface area contributed by atoms with Crippen LogP contribution < -0.4 is 0 Å². The van der Waals surface area contributed by atoms with E-state index in [0.29, 0.717) is 5.92 Å². The van der Waals surface area contributed by atoms with Crippen molar-refractivity contribution >= 4 is 38.7 Å². The van der Waals surface area contributed by atoms with Crippen LogP contribution in [0.15, 0.2) is 16.6 Å². The van der Waals surface area contributed by atoms with Gasteiger partial charge in [0.2, 0.25) is 0 Å². The Morgan fingerprint density at radius 1 is 1.23 bits per heavy atom. The van der Waals surface area contributed by atoms with Gasteiger partial charge in [-0.05, 0) is 33.5 Å². The van der Waals surface area contributed by atoms with Gasteiger partial charge in [-0.15, -0.1) is 0 Å². The first kappa shape index (κ1) is 9.09. The first-order valence-corrected chi connectivity index (χ1v) is 5.63. The van der Waals surface area contributed by atoms with Gasteiger partial charge in [0, 0.05) is 4.47 Å². The zero-order valence-electron chi connectivity index (χ0n) is 7.41. The van der Waals surface area contributed by atoms with Crippen LogP contribution in [0.3, 0.4) is 0 Å². The predicted octanol–water partition coefficient (Wildman–Crippen LogP) is 3.58. The molecule has 0 atom stereocenters. The van der Waals surface area contributed by atoms with Crippen molar-refractivity contribution in [1.82, 2.24) is 8.75 Å². The Labute approximate surface area is 89.4 Å². The van der Waals surface area contributed by atoms with Crippen LogP contribution >= 0.6 is 27.7 Å². The zero-order valence-corrected chi connectivity index (χ0v) is 9.82. The van der Waals surface area contributed by atoms with E-state index < -0.39 is 0 Å². The summed E-state index contributed by atoms with van der Waals surface area (Å²) in [5.41, 5.74) is 3.29. The molecule has 68 valence electrons. The second-order valence-corrected chi connectivity index (χ2v) is 4.64. The van der Waals surface area contributed by atoms with Crippen molar-refractivity contribution in [2.75, 3.05) is 0 Å². The van der Waals surface area contributed by atoms with Crippen molar-refractivity contribution in [2.45, 2.75) is 19.8 Å². The third-order valence-electron chi connectivity index (χ3n) is 2.02. The molecule has 0 saturated heterocycles. The molecule has 2 nitrogen and oxygen atoms in total. The standard InChI is InChI=1S/C9H9BrN2S/c1-5(2)6-3-4-7(10)9-8(6)11-13-12-9/h3-5H,1-2H3. The highest BCUT2D eigenvalue weighted by atomic mass is 79.9. The van der Waals surface area contributed by atoms with Crippen molar-refractivity contribution in [1.29, 1.82) is 0 Å². The van der Waals surface area contributed by atoms with E-state index in [9.17, 15) is 0 Å². The van der Waals surface area contributed by atoms with Crippen molar-refractivity contribution in [2.24, 2.45) is 0 Å². The van der Waals surface area contributed by atoms with Gasteiger partial charge in [0.1, 0.15) is 11.0 Å². The van der Waals surface area contributed by atoms with Gasteiger partial charge in [0.25, 0.3) is 0 Å². The van der Waals surface area contributed by atoms with Crippen LogP contribution in [0, 0.1) is 0 Å². The molecule has 13 heavy (non-hydrogen) atoms. The molecule has 0 bridgehead atoms. The quantitative estimate of drug-likeness (QED) is 0.780. The minimum atomic E-state index is 0.500. The van der Waals surface area contributed by atoms with E-state index in [0.717, 1.165) is 15.5 Å². The first-order chi connectivity index (χ1) is 6.20. The number of halogens is 1. The SMILES string of the molecule is CC(C)c1ccc(Br)c2nsnc12. The molecule has 0 unspecified atom stereocenters. The van der Waals surface area contributed by atoms with E-state index in [4.69, 9.17) is 0 Å². The zero-order chi connectivity index (χ0) is 9.42. The van der Waals surface area contributed by atoms with E-state index in [1.54, 1.807) is 0 Å². The van der Waals surface area contributed by atoms with Crippen LogP contribution in [0.25, 0.3) is 11.0 Å². The summed E-state index contributed by atoms with van der Waals surface area (Å²) in [6.45, 7) is 4.34. The minimum Gasteiger partial charge on any atom is -0.173 e. The lowest BCUT2D eigenvalue weighted by Crippen LogP contribution is -1.89. The molecule has 1 aromatic heterocycles. The molecule has 2 aromatic rings. The molecule has 0 fully saturated rings. The predicted molar refractivity (Wildman–Crippen MR) is 59.2 cm³/mol. The summed E-state index contributed by atoms with van der Waals surface area (Å²) in [5, 5.41) is 0. The lowest BCUT2D eigenvalue weighted by Gasteiger charge is -2.05. The minimum absolute atomic E-state index is 0.500. The Morgan fingerprint density at radius 3 is 2.62 bits per heavy atom. The summed E-state index contributed by atoms with van der Waals surface area (Å²) in [7, 11) is 0. The average molecular weight is 257 g/mol. The van der Waals surface area contributed by atoms with Crippen LogP contribution in [0.5, 0.6) is 0 Å². The fraction of sp³-hybridized carbons (Fsp3) is 0.333. The van der Waals surface area contributed by atoms with Gasteiger partial charge in [-0.25, -0.2) is 0 Å². The summed E-state index contributed by atoms with van der Waals surface area (Å²) >= 11 is 4.73.